The zero-order valence-corrected chi connectivity index (χ0v) is 12.3. The van der Waals surface area contributed by atoms with E-state index in [1.54, 1.807) is 18.0 Å². The summed E-state index contributed by atoms with van der Waals surface area (Å²) in [6.07, 6.45) is 2.54. The third-order valence-electron chi connectivity index (χ3n) is 3.43. The number of carbonyl (C=O) groups is 1. The number of nitrogens with one attached hydrogen (secondary N) is 1. The predicted molar refractivity (Wildman–Crippen MR) is 71.7 cm³/mol. The number of carbonyl (C=O) groups excluding carboxylic acids is 1. The van der Waals surface area contributed by atoms with Crippen LogP contribution < -0.4 is 5.32 Å². The molecule has 1 fully saturated rings. The van der Waals surface area contributed by atoms with Gasteiger partial charge < -0.3 is 10.1 Å². The summed E-state index contributed by atoms with van der Waals surface area (Å²) in [4.78, 5) is 12.7. The van der Waals surface area contributed by atoms with E-state index in [2.05, 4.69) is 26.3 Å². The first-order valence-corrected chi connectivity index (χ1v) is 6.83. The van der Waals surface area contributed by atoms with E-state index >= 15 is 0 Å². The molecule has 2 heterocycles. The zero-order chi connectivity index (χ0) is 13.2. The minimum atomic E-state index is -0.326. The SMILES string of the molecule is COCCn1ncc(Br)c1C(=O)C1(C)CCNC1. The fourth-order valence-corrected chi connectivity index (χ4v) is 2.71. The quantitative estimate of drug-likeness (QED) is 0.836. The third kappa shape index (κ3) is 2.50. The van der Waals surface area contributed by atoms with Crippen LogP contribution in [-0.2, 0) is 11.3 Å². The number of methoxy groups -OCH3 is 1. The van der Waals surface area contributed by atoms with E-state index in [1.165, 1.54) is 0 Å². The minimum absolute atomic E-state index is 0.146. The van der Waals surface area contributed by atoms with Crippen LogP contribution in [0.4, 0.5) is 0 Å². The average molecular weight is 316 g/mol. The van der Waals surface area contributed by atoms with E-state index in [1.807, 2.05) is 6.92 Å². The van der Waals surface area contributed by atoms with Gasteiger partial charge in [-0.25, -0.2) is 0 Å². The maximum atomic E-state index is 12.7. The molecule has 100 valence electrons. The molecule has 1 N–H and O–H groups in total. The minimum Gasteiger partial charge on any atom is -0.383 e. The van der Waals surface area contributed by atoms with Crippen LogP contribution in [0.1, 0.15) is 23.8 Å². The fraction of sp³-hybridized carbons (Fsp3) is 0.667. The number of hydrogen-bond donors (Lipinski definition) is 1. The second-order valence-corrected chi connectivity index (χ2v) is 5.73. The van der Waals surface area contributed by atoms with Crippen molar-refractivity contribution in [2.24, 2.45) is 5.41 Å². The van der Waals surface area contributed by atoms with Gasteiger partial charge in [0.25, 0.3) is 0 Å². The molecule has 1 aliphatic rings. The van der Waals surface area contributed by atoms with Crippen molar-refractivity contribution in [2.45, 2.75) is 19.9 Å². The van der Waals surface area contributed by atoms with Gasteiger partial charge in [0.1, 0.15) is 5.69 Å². The van der Waals surface area contributed by atoms with Crippen molar-refractivity contribution in [2.75, 3.05) is 26.8 Å². The van der Waals surface area contributed by atoms with Gasteiger partial charge in [0.15, 0.2) is 5.78 Å². The molecule has 0 amide bonds. The van der Waals surface area contributed by atoms with Crippen LogP contribution in [0.25, 0.3) is 0 Å². The second-order valence-electron chi connectivity index (χ2n) is 4.87. The Bertz CT molecular complexity index is 439. The van der Waals surface area contributed by atoms with Gasteiger partial charge >= 0.3 is 0 Å². The first-order valence-electron chi connectivity index (χ1n) is 6.04. The highest BCUT2D eigenvalue weighted by Crippen LogP contribution is 2.31. The highest BCUT2D eigenvalue weighted by molar-refractivity contribution is 9.10. The predicted octanol–water partition coefficient (Wildman–Crippen LogP) is 1.47. The number of rotatable bonds is 5. The summed E-state index contributed by atoms with van der Waals surface area (Å²) in [5.41, 5.74) is 0.325. The summed E-state index contributed by atoms with van der Waals surface area (Å²) in [5.74, 6) is 0.146. The first kappa shape index (κ1) is 13.7. The summed E-state index contributed by atoms with van der Waals surface area (Å²) in [7, 11) is 1.64. The number of ketones is 1. The van der Waals surface area contributed by atoms with Crippen molar-refractivity contribution in [3.8, 4) is 0 Å². The lowest BCUT2D eigenvalue weighted by Crippen LogP contribution is -2.32. The molecule has 0 spiro atoms. The highest BCUT2D eigenvalue weighted by atomic mass is 79.9. The molecule has 1 saturated heterocycles. The Balaban J connectivity index is 2.26. The van der Waals surface area contributed by atoms with E-state index in [0.29, 0.717) is 18.8 Å². The number of nitrogens with zero attached hydrogens (tertiary/aromatic N) is 2. The van der Waals surface area contributed by atoms with E-state index in [9.17, 15) is 4.79 Å². The number of halogens is 1. The number of aromatic nitrogens is 2. The first-order chi connectivity index (χ1) is 8.58. The molecule has 6 heteroatoms. The Labute approximate surface area is 115 Å². The lowest BCUT2D eigenvalue weighted by atomic mass is 9.83. The van der Waals surface area contributed by atoms with Crippen LogP contribution in [0.2, 0.25) is 0 Å². The lowest BCUT2D eigenvalue weighted by Gasteiger charge is -2.21. The molecule has 1 atom stereocenters. The van der Waals surface area contributed by atoms with E-state index in [0.717, 1.165) is 24.0 Å². The molecule has 0 aliphatic carbocycles. The van der Waals surface area contributed by atoms with Crippen LogP contribution in [0.3, 0.4) is 0 Å². The Morgan fingerprint density at radius 1 is 1.72 bits per heavy atom. The van der Waals surface area contributed by atoms with Gasteiger partial charge in [0.2, 0.25) is 0 Å². The van der Waals surface area contributed by atoms with Gasteiger partial charge in [-0.3, -0.25) is 9.48 Å². The molecule has 5 nitrogen and oxygen atoms in total. The lowest BCUT2D eigenvalue weighted by molar-refractivity contribution is 0.0823. The van der Waals surface area contributed by atoms with Gasteiger partial charge in [-0.2, -0.15) is 5.10 Å². The molecule has 1 aliphatic heterocycles. The summed E-state index contributed by atoms with van der Waals surface area (Å²) in [6.45, 7) is 4.77. The molecule has 0 radical (unpaired) electrons. The second kappa shape index (κ2) is 5.50. The summed E-state index contributed by atoms with van der Waals surface area (Å²) in [5, 5.41) is 7.47. The normalized spacial score (nSPS) is 23.5. The maximum Gasteiger partial charge on any atom is 0.189 e. The standard InChI is InChI=1S/C12H18BrN3O2/c1-12(3-4-14-8-12)11(17)10-9(13)7-15-16(10)5-6-18-2/h7,14H,3-6,8H2,1-2H3. The molecule has 1 aromatic heterocycles. The number of Topliss-reactive ketones (excluding diaryl/α,β-unsaturated/α-hetero) is 1. The van der Waals surface area contributed by atoms with Gasteiger partial charge in [0, 0.05) is 19.1 Å². The largest absolute Gasteiger partial charge is 0.383 e. The zero-order valence-electron chi connectivity index (χ0n) is 10.7. The van der Waals surface area contributed by atoms with E-state index in [4.69, 9.17) is 4.74 Å². The van der Waals surface area contributed by atoms with Crippen LogP contribution >= 0.6 is 15.9 Å². The molecule has 1 aromatic rings. The summed E-state index contributed by atoms with van der Waals surface area (Å²) in [6, 6.07) is 0. The van der Waals surface area contributed by atoms with Crippen molar-refractivity contribution >= 4 is 21.7 Å². The molecule has 0 aromatic carbocycles. The van der Waals surface area contributed by atoms with Crippen molar-refractivity contribution in [3.63, 3.8) is 0 Å². The summed E-state index contributed by atoms with van der Waals surface area (Å²) < 4.78 is 7.52. The Kier molecular flexibility index (Phi) is 4.19. The maximum absolute atomic E-state index is 12.7. The van der Waals surface area contributed by atoms with Crippen LogP contribution in [-0.4, -0.2) is 42.4 Å². The number of hydrogen-bond acceptors (Lipinski definition) is 4. The van der Waals surface area contributed by atoms with Crippen molar-refractivity contribution in [3.05, 3.63) is 16.4 Å². The third-order valence-corrected chi connectivity index (χ3v) is 4.01. The van der Waals surface area contributed by atoms with E-state index < -0.39 is 0 Å². The average Bonchev–Trinajstić information content (AvgIpc) is 2.93. The highest BCUT2D eigenvalue weighted by Gasteiger charge is 2.39. The number of ether oxygens (including phenoxy) is 1. The summed E-state index contributed by atoms with van der Waals surface area (Å²) >= 11 is 3.42. The molecule has 18 heavy (non-hydrogen) atoms. The van der Waals surface area contributed by atoms with Crippen LogP contribution in [0.15, 0.2) is 10.7 Å². The monoisotopic (exact) mass is 315 g/mol. The molecule has 1 unspecified atom stereocenters. The molecular formula is C12H18BrN3O2. The molecule has 0 saturated carbocycles. The van der Waals surface area contributed by atoms with Gasteiger partial charge in [0.05, 0.1) is 23.8 Å². The van der Waals surface area contributed by atoms with Gasteiger partial charge in [-0.1, -0.05) is 6.92 Å². The molecular weight excluding hydrogens is 298 g/mol. The van der Waals surface area contributed by atoms with Crippen LogP contribution in [0.5, 0.6) is 0 Å². The van der Waals surface area contributed by atoms with Crippen molar-refractivity contribution in [1.82, 2.24) is 15.1 Å². The fourth-order valence-electron chi connectivity index (χ4n) is 2.23. The van der Waals surface area contributed by atoms with Crippen molar-refractivity contribution in [1.29, 1.82) is 0 Å². The molecule has 2 rings (SSSR count). The topological polar surface area (TPSA) is 56.2 Å². The van der Waals surface area contributed by atoms with Crippen LogP contribution in [0, 0.1) is 5.41 Å². The van der Waals surface area contributed by atoms with Crippen molar-refractivity contribution < 1.29 is 9.53 Å². The molecule has 0 bridgehead atoms. The van der Waals surface area contributed by atoms with Gasteiger partial charge in [-0.05, 0) is 28.9 Å². The smallest absolute Gasteiger partial charge is 0.189 e. The Morgan fingerprint density at radius 3 is 3.11 bits per heavy atom. The van der Waals surface area contributed by atoms with E-state index in [-0.39, 0.29) is 11.2 Å². The Morgan fingerprint density at radius 2 is 2.50 bits per heavy atom. The Hall–Kier alpha value is -0.720. The van der Waals surface area contributed by atoms with Gasteiger partial charge in [-0.15, -0.1) is 0 Å².